The third-order valence-corrected chi connectivity index (χ3v) is 3.97. The summed E-state index contributed by atoms with van der Waals surface area (Å²) in [5.74, 6) is -1.58. The smallest absolute Gasteiger partial charge is 0.253 e. The molecule has 0 aromatic heterocycles. The zero-order valence-corrected chi connectivity index (χ0v) is 12.8. The number of amides is 2. The van der Waals surface area contributed by atoms with Gasteiger partial charge in [-0.2, -0.15) is 5.10 Å². The molecule has 3 N–H and O–H groups in total. The van der Waals surface area contributed by atoms with Crippen LogP contribution in [0.5, 0.6) is 5.75 Å². The van der Waals surface area contributed by atoms with Gasteiger partial charge in [0.2, 0.25) is 5.91 Å². The molecule has 1 aliphatic rings. The highest BCUT2D eigenvalue weighted by Gasteiger charge is 2.40. The molecule has 6 heteroatoms. The van der Waals surface area contributed by atoms with Gasteiger partial charge in [0.05, 0.1) is 6.21 Å². The molecule has 122 valence electrons. The minimum Gasteiger partial charge on any atom is -0.508 e. The number of phenolic OH excluding ortho intramolecular Hbond substituents is 1. The molecule has 2 amide bonds. The van der Waals surface area contributed by atoms with E-state index in [0.29, 0.717) is 6.54 Å². The van der Waals surface area contributed by atoms with Crippen molar-refractivity contribution in [3.05, 3.63) is 65.7 Å². The van der Waals surface area contributed by atoms with Crippen LogP contribution >= 0.6 is 0 Å². The number of hydrogen-bond acceptors (Lipinski definition) is 4. The maximum absolute atomic E-state index is 12.4. The summed E-state index contributed by atoms with van der Waals surface area (Å²) in [6.45, 7) is 0.433. The number of aromatic hydroxyl groups is 1. The molecule has 6 nitrogen and oxygen atoms in total. The van der Waals surface area contributed by atoms with E-state index in [0.717, 1.165) is 11.1 Å². The summed E-state index contributed by atoms with van der Waals surface area (Å²) in [6.07, 6.45) is 1.46. The summed E-state index contributed by atoms with van der Waals surface area (Å²) in [5, 5.41) is 15.8. The lowest BCUT2D eigenvalue weighted by molar-refractivity contribution is -0.133. The van der Waals surface area contributed by atoms with Crippen molar-refractivity contribution in [1.29, 1.82) is 0 Å². The van der Waals surface area contributed by atoms with Crippen LogP contribution in [0.3, 0.4) is 0 Å². The van der Waals surface area contributed by atoms with Gasteiger partial charge < -0.3 is 10.4 Å². The first-order chi connectivity index (χ1) is 11.6. The van der Waals surface area contributed by atoms with Gasteiger partial charge in [0.15, 0.2) is 0 Å². The van der Waals surface area contributed by atoms with Crippen molar-refractivity contribution in [2.75, 3.05) is 6.54 Å². The summed E-state index contributed by atoms with van der Waals surface area (Å²) in [5.41, 5.74) is 4.09. The van der Waals surface area contributed by atoms with Gasteiger partial charge >= 0.3 is 0 Å². The number of phenols is 1. The number of hydrazone groups is 1. The zero-order valence-electron chi connectivity index (χ0n) is 12.8. The Morgan fingerprint density at radius 3 is 2.58 bits per heavy atom. The maximum atomic E-state index is 12.4. The molecule has 1 heterocycles. The van der Waals surface area contributed by atoms with Crippen molar-refractivity contribution < 1.29 is 14.7 Å². The summed E-state index contributed by atoms with van der Waals surface area (Å²) in [4.78, 5) is 24.4. The SMILES string of the molecule is O=C1NC[C@@H](c2ccccc2)[C@@H]1C(=O)N/N=C\c1ccc(O)cc1. The van der Waals surface area contributed by atoms with Crippen molar-refractivity contribution in [3.8, 4) is 5.75 Å². The minimum absolute atomic E-state index is 0.157. The van der Waals surface area contributed by atoms with Gasteiger partial charge in [-0.15, -0.1) is 0 Å². The van der Waals surface area contributed by atoms with Gasteiger partial charge in [0.1, 0.15) is 11.7 Å². The second kappa shape index (κ2) is 6.95. The molecule has 0 unspecified atom stereocenters. The molecular weight excluding hydrogens is 306 g/mol. The van der Waals surface area contributed by atoms with Gasteiger partial charge in [0, 0.05) is 12.5 Å². The molecule has 1 fully saturated rings. The van der Waals surface area contributed by atoms with Crippen LogP contribution in [0, 0.1) is 5.92 Å². The van der Waals surface area contributed by atoms with Crippen molar-refractivity contribution in [2.24, 2.45) is 11.0 Å². The number of carbonyl (C=O) groups excluding carboxylic acids is 2. The van der Waals surface area contributed by atoms with Gasteiger partial charge in [-0.3, -0.25) is 9.59 Å². The van der Waals surface area contributed by atoms with Crippen molar-refractivity contribution in [1.82, 2.24) is 10.7 Å². The quantitative estimate of drug-likeness (QED) is 0.451. The van der Waals surface area contributed by atoms with Crippen molar-refractivity contribution in [3.63, 3.8) is 0 Å². The molecule has 3 rings (SSSR count). The fraction of sp³-hybridized carbons (Fsp3) is 0.167. The van der Waals surface area contributed by atoms with E-state index in [2.05, 4.69) is 15.8 Å². The lowest BCUT2D eigenvalue weighted by Crippen LogP contribution is -2.34. The second-order valence-corrected chi connectivity index (χ2v) is 5.57. The first-order valence-corrected chi connectivity index (χ1v) is 7.60. The number of nitrogens with one attached hydrogen (secondary N) is 2. The molecule has 2 aromatic carbocycles. The summed E-state index contributed by atoms with van der Waals surface area (Å²) in [7, 11) is 0. The predicted molar refractivity (Wildman–Crippen MR) is 89.5 cm³/mol. The number of carbonyl (C=O) groups is 2. The molecule has 0 bridgehead atoms. The first kappa shape index (κ1) is 15.7. The third-order valence-electron chi connectivity index (χ3n) is 3.97. The summed E-state index contributed by atoms with van der Waals surface area (Å²) < 4.78 is 0. The largest absolute Gasteiger partial charge is 0.508 e. The lowest BCUT2D eigenvalue weighted by Gasteiger charge is -2.15. The molecule has 2 atom stereocenters. The number of benzene rings is 2. The minimum atomic E-state index is -0.802. The first-order valence-electron chi connectivity index (χ1n) is 7.60. The van der Waals surface area contributed by atoms with E-state index in [1.165, 1.54) is 18.3 Å². The Morgan fingerprint density at radius 1 is 1.17 bits per heavy atom. The average Bonchev–Trinajstić information content (AvgIpc) is 2.99. The zero-order chi connectivity index (χ0) is 16.9. The lowest BCUT2D eigenvalue weighted by atomic mass is 9.88. The van der Waals surface area contributed by atoms with E-state index in [9.17, 15) is 14.7 Å². The molecule has 0 aliphatic carbocycles. The molecule has 1 saturated heterocycles. The Kier molecular flexibility index (Phi) is 4.56. The molecule has 0 radical (unpaired) electrons. The Balaban J connectivity index is 1.68. The van der Waals surface area contributed by atoms with E-state index in [1.54, 1.807) is 12.1 Å². The Hall–Kier alpha value is -3.15. The van der Waals surface area contributed by atoms with E-state index >= 15 is 0 Å². The van der Waals surface area contributed by atoms with E-state index in [4.69, 9.17) is 0 Å². The van der Waals surface area contributed by atoms with Gasteiger partial charge in [-0.25, -0.2) is 5.43 Å². The molecule has 1 aliphatic heterocycles. The molecule has 0 spiro atoms. The molecular formula is C18H17N3O3. The van der Waals surface area contributed by atoms with Crippen LogP contribution in [-0.4, -0.2) is 29.7 Å². The van der Waals surface area contributed by atoms with E-state index in [-0.39, 0.29) is 17.6 Å². The second-order valence-electron chi connectivity index (χ2n) is 5.57. The van der Waals surface area contributed by atoms with Crippen molar-refractivity contribution in [2.45, 2.75) is 5.92 Å². The predicted octanol–water partition coefficient (Wildman–Crippen LogP) is 1.37. The Labute approximate surface area is 139 Å². The fourth-order valence-corrected chi connectivity index (χ4v) is 2.73. The van der Waals surface area contributed by atoms with Crippen molar-refractivity contribution >= 4 is 18.0 Å². The highest BCUT2D eigenvalue weighted by Crippen LogP contribution is 2.28. The van der Waals surface area contributed by atoms with Crippen LogP contribution < -0.4 is 10.7 Å². The van der Waals surface area contributed by atoms with Gasteiger partial charge in [-0.05, 0) is 35.4 Å². The normalized spacial score (nSPS) is 20.1. The standard InChI is InChI=1S/C18H17N3O3/c22-14-8-6-12(7-9-14)10-20-21-18(24)16-15(11-19-17(16)23)13-4-2-1-3-5-13/h1-10,15-16,22H,11H2,(H,19,23)(H,21,24)/b20-10-/t15-,16-/m0/s1. The molecule has 24 heavy (non-hydrogen) atoms. The molecule has 2 aromatic rings. The van der Waals surface area contributed by atoms with Crippen LogP contribution in [0.15, 0.2) is 59.7 Å². The number of hydrogen-bond donors (Lipinski definition) is 3. The highest BCUT2D eigenvalue weighted by molar-refractivity contribution is 6.03. The van der Waals surface area contributed by atoms with Gasteiger partial charge in [-0.1, -0.05) is 30.3 Å². The van der Waals surface area contributed by atoms with E-state index < -0.39 is 11.8 Å². The Morgan fingerprint density at radius 2 is 1.88 bits per heavy atom. The molecule has 0 saturated carbocycles. The van der Waals surface area contributed by atoms with Crippen LogP contribution in [0.4, 0.5) is 0 Å². The monoisotopic (exact) mass is 323 g/mol. The van der Waals surface area contributed by atoms with Crippen LogP contribution in [0.25, 0.3) is 0 Å². The fourth-order valence-electron chi connectivity index (χ4n) is 2.73. The van der Waals surface area contributed by atoms with Crippen LogP contribution in [0.1, 0.15) is 17.0 Å². The van der Waals surface area contributed by atoms with Crippen LogP contribution in [-0.2, 0) is 9.59 Å². The average molecular weight is 323 g/mol. The maximum Gasteiger partial charge on any atom is 0.253 e. The highest BCUT2D eigenvalue weighted by atomic mass is 16.3. The van der Waals surface area contributed by atoms with Gasteiger partial charge in [0.25, 0.3) is 5.91 Å². The Bertz CT molecular complexity index is 757. The van der Waals surface area contributed by atoms with E-state index in [1.807, 2.05) is 30.3 Å². The number of rotatable bonds is 4. The number of nitrogens with zero attached hydrogens (tertiary/aromatic N) is 1. The third kappa shape index (κ3) is 3.43. The topological polar surface area (TPSA) is 90.8 Å². The van der Waals surface area contributed by atoms with Crippen LogP contribution in [0.2, 0.25) is 0 Å². The summed E-state index contributed by atoms with van der Waals surface area (Å²) >= 11 is 0. The summed E-state index contributed by atoms with van der Waals surface area (Å²) in [6, 6.07) is 15.9.